The Kier molecular flexibility index (Phi) is 5.81. The number of rotatable bonds is 6. The van der Waals surface area contributed by atoms with Gasteiger partial charge in [0.2, 0.25) is 0 Å². The van der Waals surface area contributed by atoms with Gasteiger partial charge in [0.1, 0.15) is 6.54 Å². The number of hydrogen-bond donors (Lipinski definition) is 2. The van der Waals surface area contributed by atoms with Crippen LogP contribution in [0.15, 0.2) is 53.4 Å². The summed E-state index contributed by atoms with van der Waals surface area (Å²) < 4.78 is 27.1. The third kappa shape index (κ3) is 4.37. The summed E-state index contributed by atoms with van der Waals surface area (Å²) in [5, 5.41) is 0. The maximum Gasteiger partial charge on any atom is 0.264 e. The lowest BCUT2D eigenvalue weighted by molar-refractivity contribution is -0.119. The number of carbonyl (C=O) groups is 1. The number of sulfonamides is 1. The highest BCUT2D eigenvalue weighted by Crippen LogP contribution is 2.26. The Bertz CT molecular complexity index is 829. The van der Waals surface area contributed by atoms with Crippen molar-refractivity contribution in [2.75, 3.05) is 10.8 Å². The largest absolute Gasteiger partial charge is 0.293 e. The molecule has 2 rings (SSSR count). The fourth-order valence-electron chi connectivity index (χ4n) is 2.35. The van der Waals surface area contributed by atoms with Crippen LogP contribution < -0.4 is 15.6 Å². The molecule has 7 heteroatoms. The van der Waals surface area contributed by atoms with Crippen LogP contribution in [0.5, 0.6) is 0 Å². The van der Waals surface area contributed by atoms with E-state index in [4.69, 9.17) is 5.84 Å². The average Bonchev–Trinajstić information content (AvgIpc) is 2.59. The van der Waals surface area contributed by atoms with E-state index < -0.39 is 22.5 Å². The third-order valence-electron chi connectivity index (χ3n) is 3.90. The van der Waals surface area contributed by atoms with Crippen molar-refractivity contribution >= 4 is 21.6 Å². The van der Waals surface area contributed by atoms with E-state index in [2.05, 4.69) is 13.8 Å². The molecule has 2 aromatic rings. The van der Waals surface area contributed by atoms with E-state index >= 15 is 0 Å². The number of carbonyl (C=O) groups excluding carboxylic acids is 1. The van der Waals surface area contributed by atoms with Crippen LogP contribution in [0.4, 0.5) is 5.69 Å². The minimum absolute atomic E-state index is 0.121. The first-order chi connectivity index (χ1) is 11.8. The van der Waals surface area contributed by atoms with Crippen molar-refractivity contribution < 1.29 is 13.2 Å². The molecule has 0 unspecified atom stereocenters. The van der Waals surface area contributed by atoms with Crippen molar-refractivity contribution in [3.8, 4) is 0 Å². The zero-order chi connectivity index (χ0) is 18.6. The van der Waals surface area contributed by atoms with Gasteiger partial charge in [0.15, 0.2) is 0 Å². The summed E-state index contributed by atoms with van der Waals surface area (Å²) in [6, 6.07) is 13.6. The summed E-state index contributed by atoms with van der Waals surface area (Å²) in [5.74, 6) is 4.87. The highest BCUT2D eigenvalue weighted by molar-refractivity contribution is 7.92. The van der Waals surface area contributed by atoms with Crippen LogP contribution in [-0.2, 0) is 14.8 Å². The monoisotopic (exact) mass is 361 g/mol. The Balaban J connectivity index is 2.48. The van der Waals surface area contributed by atoms with Gasteiger partial charge in [0, 0.05) is 0 Å². The van der Waals surface area contributed by atoms with Crippen LogP contribution in [0, 0.1) is 6.92 Å². The summed E-state index contributed by atoms with van der Waals surface area (Å²) in [7, 11) is -3.89. The SMILES string of the molecule is Cc1ccc(S(=O)(=O)N(CC(=O)NN)c2ccc(C(C)C)cc2)cc1. The molecule has 134 valence electrons. The summed E-state index contributed by atoms with van der Waals surface area (Å²) in [4.78, 5) is 11.9. The number of nitrogens with one attached hydrogen (secondary N) is 1. The Morgan fingerprint density at radius 3 is 2.12 bits per heavy atom. The predicted octanol–water partition coefficient (Wildman–Crippen LogP) is 2.30. The molecule has 0 aliphatic heterocycles. The van der Waals surface area contributed by atoms with E-state index in [1.54, 1.807) is 24.3 Å². The molecule has 1 amide bonds. The van der Waals surface area contributed by atoms with Gasteiger partial charge in [-0.1, -0.05) is 43.7 Å². The maximum absolute atomic E-state index is 13.0. The van der Waals surface area contributed by atoms with Crippen LogP contribution in [0.2, 0.25) is 0 Å². The Morgan fingerprint density at radius 1 is 1.08 bits per heavy atom. The van der Waals surface area contributed by atoms with Crippen molar-refractivity contribution in [2.45, 2.75) is 31.6 Å². The van der Waals surface area contributed by atoms with Gasteiger partial charge < -0.3 is 0 Å². The van der Waals surface area contributed by atoms with Crippen LogP contribution >= 0.6 is 0 Å². The molecule has 0 saturated carbocycles. The number of nitrogens with two attached hydrogens (primary N) is 1. The molecule has 25 heavy (non-hydrogen) atoms. The maximum atomic E-state index is 13.0. The zero-order valence-electron chi connectivity index (χ0n) is 14.6. The average molecular weight is 361 g/mol. The lowest BCUT2D eigenvalue weighted by Crippen LogP contribution is -2.43. The van der Waals surface area contributed by atoms with E-state index in [1.165, 1.54) is 12.1 Å². The molecule has 0 bridgehead atoms. The molecule has 2 aromatic carbocycles. The Morgan fingerprint density at radius 2 is 1.64 bits per heavy atom. The molecule has 0 heterocycles. The first-order valence-corrected chi connectivity index (χ1v) is 9.38. The van der Waals surface area contributed by atoms with Crippen molar-refractivity contribution in [1.82, 2.24) is 5.43 Å². The van der Waals surface area contributed by atoms with Crippen LogP contribution in [0.25, 0.3) is 0 Å². The normalized spacial score (nSPS) is 11.4. The van der Waals surface area contributed by atoms with Gasteiger partial charge in [-0.2, -0.15) is 0 Å². The number of hydrogen-bond acceptors (Lipinski definition) is 4. The number of amides is 1. The Labute approximate surface area is 148 Å². The molecule has 0 fully saturated rings. The third-order valence-corrected chi connectivity index (χ3v) is 5.69. The smallest absolute Gasteiger partial charge is 0.264 e. The lowest BCUT2D eigenvalue weighted by Gasteiger charge is -2.24. The van der Waals surface area contributed by atoms with Crippen molar-refractivity contribution in [1.29, 1.82) is 0 Å². The second-order valence-corrected chi connectivity index (χ2v) is 8.00. The molecular formula is C18H23N3O3S. The topological polar surface area (TPSA) is 92.5 Å². The number of hydrazine groups is 1. The van der Waals surface area contributed by atoms with E-state index in [0.29, 0.717) is 11.6 Å². The number of benzene rings is 2. The van der Waals surface area contributed by atoms with Gasteiger partial charge in [-0.15, -0.1) is 0 Å². The Hall–Kier alpha value is -2.38. The van der Waals surface area contributed by atoms with E-state index in [0.717, 1.165) is 15.4 Å². The quantitative estimate of drug-likeness (QED) is 0.469. The highest BCUT2D eigenvalue weighted by atomic mass is 32.2. The molecule has 0 radical (unpaired) electrons. The van der Waals surface area contributed by atoms with Crippen molar-refractivity contribution in [3.63, 3.8) is 0 Å². The number of anilines is 1. The van der Waals surface area contributed by atoms with Crippen LogP contribution in [-0.4, -0.2) is 20.9 Å². The highest BCUT2D eigenvalue weighted by Gasteiger charge is 2.27. The fourth-order valence-corrected chi connectivity index (χ4v) is 3.78. The first kappa shape index (κ1) is 19.0. The van der Waals surface area contributed by atoms with E-state index in [1.807, 2.05) is 24.5 Å². The molecule has 3 N–H and O–H groups in total. The van der Waals surface area contributed by atoms with E-state index in [-0.39, 0.29) is 4.90 Å². The summed E-state index contributed by atoms with van der Waals surface area (Å²) >= 11 is 0. The zero-order valence-corrected chi connectivity index (χ0v) is 15.4. The molecule has 0 saturated heterocycles. The van der Waals surface area contributed by atoms with Gasteiger partial charge in [-0.3, -0.25) is 14.5 Å². The molecule has 0 aliphatic carbocycles. The van der Waals surface area contributed by atoms with Crippen LogP contribution in [0.3, 0.4) is 0 Å². The molecule has 0 spiro atoms. The van der Waals surface area contributed by atoms with Crippen molar-refractivity contribution in [2.24, 2.45) is 5.84 Å². The van der Waals surface area contributed by atoms with Gasteiger partial charge in [0.25, 0.3) is 15.9 Å². The van der Waals surface area contributed by atoms with Gasteiger partial charge in [-0.05, 0) is 42.7 Å². The van der Waals surface area contributed by atoms with E-state index in [9.17, 15) is 13.2 Å². The minimum Gasteiger partial charge on any atom is -0.293 e. The molecular weight excluding hydrogens is 338 g/mol. The first-order valence-electron chi connectivity index (χ1n) is 7.94. The molecule has 0 aromatic heterocycles. The molecule has 0 atom stereocenters. The van der Waals surface area contributed by atoms with Crippen molar-refractivity contribution in [3.05, 3.63) is 59.7 Å². The summed E-state index contributed by atoms with van der Waals surface area (Å²) in [5.41, 5.74) is 4.43. The number of aryl methyl sites for hydroxylation is 1. The summed E-state index contributed by atoms with van der Waals surface area (Å²) in [6.45, 7) is 5.59. The van der Waals surface area contributed by atoms with Gasteiger partial charge in [-0.25, -0.2) is 14.3 Å². The molecule has 6 nitrogen and oxygen atoms in total. The minimum atomic E-state index is -3.89. The predicted molar refractivity (Wildman–Crippen MR) is 98.6 cm³/mol. The second-order valence-electron chi connectivity index (χ2n) is 6.14. The summed E-state index contributed by atoms with van der Waals surface area (Å²) in [6.07, 6.45) is 0. The number of nitrogens with zero attached hydrogens (tertiary/aromatic N) is 1. The lowest BCUT2D eigenvalue weighted by atomic mass is 10.0. The second kappa shape index (κ2) is 7.67. The fraction of sp³-hybridized carbons (Fsp3) is 0.278. The van der Waals surface area contributed by atoms with Crippen LogP contribution in [0.1, 0.15) is 30.9 Å². The van der Waals surface area contributed by atoms with Gasteiger partial charge >= 0.3 is 0 Å². The standard InChI is InChI=1S/C18H23N3O3S/c1-13(2)15-6-8-16(9-7-15)21(12-18(22)20-19)25(23,24)17-10-4-14(3)5-11-17/h4-11,13H,12,19H2,1-3H3,(H,20,22). The van der Waals surface area contributed by atoms with Gasteiger partial charge in [0.05, 0.1) is 10.6 Å². The molecule has 0 aliphatic rings.